The number of rotatable bonds is 3. The zero-order valence-electron chi connectivity index (χ0n) is 15.0. The van der Waals surface area contributed by atoms with Gasteiger partial charge in [-0.05, 0) is 25.1 Å². The van der Waals surface area contributed by atoms with E-state index in [1.165, 1.54) is 4.31 Å². The van der Waals surface area contributed by atoms with Crippen LogP contribution >= 0.6 is 0 Å². The van der Waals surface area contributed by atoms with Gasteiger partial charge in [-0.3, -0.25) is 4.79 Å². The number of amides is 1. The number of carbonyl (C=O) groups is 1. The van der Waals surface area contributed by atoms with Crippen LogP contribution in [0.25, 0.3) is 11.0 Å². The Balaban J connectivity index is 1.50. The molecular weight excluding hydrogens is 364 g/mol. The summed E-state index contributed by atoms with van der Waals surface area (Å²) in [5.74, 6) is 0.135. The third-order valence-electron chi connectivity index (χ3n) is 4.94. The van der Waals surface area contributed by atoms with Crippen molar-refractivity contribution in [2.45, 2.75) is 11.8 Å². The summed E-state index contributed by atoms with van der Waals surface area (Å²) in [4.78, 5) is 14.8. The van der Waals surface area contributed by atoms with Crippen LogP contribution in [0.4, 0.5) is 0 Å². The van der Waals surface area contributed by atoms with Crippen molar-refractivity contribution in [3.8, 4) is 0 Å². The molecule has 1 aliphatic rings. The van der Waals surface area contributed by atoms with Gasteiger partial charge in [0.25, 0.3) is 5.91 Å². The van der Waals surface area contributed by atoms with E-state index in [0.717, 1.165) is 10.9 Å². The molecule has 1 fully saturated rings. The van der Waals surface area contributed by atoms with Gasteiger partial charge in [0.15, 0.2) is 5.76 Å². The molecule has 0 radical (unpaired) electrons. The molecule has 1 saturated heterocycles. The average molecular weight is 384 g/mol. The molecule has 0 bridgehead atoms. The first-order valence-electron chi connectivity index (χ1n) is 8.81. The lowest BCUT2D eigenvalue weighted by Crippen LogP contribution is -2.50. The molecule has 7 heteroatoms. The summed E-state index contributed by atoms with van der Waals surface area (Å²) in [7, 11) is -3.53. The fourth-order valence-corrected chi connectivity index (χ4v) is 4.84. The van der Waals surface area contributed by atoms with E-state index in [1.807, 2.05) is 31.2 Å². The average Bonchev–Trinajstić information content (AvgIpc) is 3.05. The highest BCUT2D eigenvalue weighted by Gasteiger charge is 2.32. The highest BCUT2D eigenvalue weighted by Crippen LogP contribution is 2.26. The van der Waals surface area contributed by atoms with Gasteiger partial charge in [-0.1, -0.05) is 36.4 Å². The summed E-state index contributed by atoms with van der Waals surface area (Å²) in [5, 5.41) is 0.922. The van der Waals surface area contributed by atoms with E-state index in [9.17, 15) is 13.2 Å². The van der Waals surface area contributed by atoms with Crippen molar-refractivity contribution in [3.05, 3.63) is 65.9 Å². The number of aryl methyl sites for hydroxylation is 1. The molecule has 4 rings (SSSR count). The minimum Gasteiger partial charge on any atom is -0.451 e. The molecular formula is C20H20N2O4S. The zero-order valence-corrected chi connectivity index (χ0v) is 15.8. The summed E-state index contributed by atoms with van der Waals surface area (Å²) in [6.07, 6.45) is 0. The van der Waals surface area contributed by atoms with Crippen LogP contribution in [0.15, 0.2) is 63.9 Å². The number of fused-ring (bicyclic) bond motifs is 1. The Bertz CT molecular complexity index is 1080. The zero-order chi connectivity index (χ0) is 19.0. The number of para-hydroxylation sites is 1. The molecule has 1 aliphatic heterocycles. The third-order valence-corrected chi connectivity index (χ3v) is 6.86. The maximum absolute atomic E-state index is 12.9. The van der Waals surface area contributed by atoms with E-state index in [-0.39, 0.29) is 23.9 Å². The second kappa shape index (κ2) is 6.83. The summed E-state index contributed by atoms with van der Waals surface area (Å²) in [6.45, 7) is 3.07. The topological polar surface area (TPSA) is 70.8 Å². The molecule has 0 aliphatic carbocycles. The first-order chi connectivity index (χ1) is 13.0. The maximum atomic E-state index is 12.9. The minimum absolute atomic E-state index is 0.194. The molecule has 3 aromatic rings. The Hall–Kier alpha value is -2.64. The van der Waals surface area contributed by atoms with Gasteiger partial charge in [0.05, 0.1) is 4.90 Å². The second-order valence-corrected chi connectivity index (χ2v) is 8.50. The highest BCUT2D eigenvalue weighted by atomic mass is 32.2. The summed E-state index contributed by atoms with van der Waals surface area (Å²) < 4.78 is 32.6. The van der Waals surface area contributed by atoms with Crippen molar-refractivity contribution in [2.24, 2.45) is 0 Å². The molecule has 1 aromatic heterocycles. The monoisotopic (exact) mass is 384 g/mol. The predicted molar refractivity (Wildman–Crippen MR) is 102 cm³/mol. The first-order valence-corrected chi connectivity index (χ1v) is 10.2. The fraction of sp³-hybridized carbons (Fsp3) is 0.250. The van der Waals surface area contributed by atoms with Crippen LogP contribution in [0.1, 0.15) is 16.1 Å². The van der Waals surface area contributed by atoms with Crippen LogP contribution in [0.5, 0.6) is 0 Å². The summed E-state index contributed by atoms with van der Waals surface area (Å²) >= 11 is 0. The second-order valence-electron chi connectivity index (χ2n) is 6.56. The molecule has 0 atom stereocenters. The van der Waals surface area contributed by atoms with Gasteiger partial charge in [0.2, 0.25) is 10.0 Å². The minimum atomic E-state index is -3.53. The van der Waals surface area contributed by atoms with Gasteiger partial charge in [0, 0.05) is 37.1 Å². The van der Waals surface area contributed by atoms with Gasteiger partial charge in [-0.15, -0.1) is 0 Å². The molecule has 2 aromatic carbocycles. The molecule has 27 heavy (non-hydrogen) atoms. The van der Waals surface area contributed by atoms with E-state index >= 15 is 0 Å². The predicted octanol–water partition coefficient (Wildman–Crippen LogP) is 2.89. The summed E-state index contributed by atoms with van der Waals surface area (Å²) in [6, 6.07) is 15.9. The Kier molecular flexibility index (Phi) is 4.49. The molecule has 0 unspecified atom stereocenters. The molecule has 140 valence electrons. The van der Waals surface area contributed by atoms with Crippen molar-refractivity contribution in [2.75, 3.05) is 26.2 Å². The number of carbonyl (C=O) groups excluding carboxylic acids is 1. The van der Waals surface area contributed by atoms with Crippen molar-refractivity contribution < 1.29 is 17.6 Å². The van der Waals surface area contributed by atoms with Crippen LogP contribution in [0.2, 0.25) is 0 Å². The smallest absolute Gasteiger partial charge is 0.289 e. The lowest BCUT2D eigenvalue weighted by atomic mass is 10.1. The van der Waals surface area contributed by atoms with Crippen molar-refractivity contribution in [1.82, 2.24) is 9.21 Å². The number of benzene rings is 2. The third kappa shape index (κ3) is 3.13. The maximum Gasteiger partial charge on any atom is 0.289 e. The molecule has 0 N–H and O–H groups in total. The summed E-state index contributed by atoms with van der Waals surface area (Å²) in [5.41, 5.74) is 1.50. The molecule has 6 nitrogen and oxygen atoms in total. The molecule has 0 spiro atoms. The molecule has 1 amide bonds. The fourth-order valence-electron chi connectivity index (χ4n) is 3.40. The van der Waals surface area contributed by atoms with Gasteiger partial charge in [-0.25, -0.2) is 8.42 Å². The van der Waals surface area contributed by atoms with Gasteiger partial charge in [0.1, 0.15) is 5.58 Å². The molecule has 0 saturated carbocycles. The van der Waals surface area contributed by atoms with E-state index in [2.05, 4.69) is 0 Å². The lowest BCUT2D eigenvalue weighted by molar-refractivity contribution is 0.0667. The van der Waals surface area contributed by atoms with E-state index in [1.54, 1.807) is 35.2 Å². The van der Waals surface area contributed by atoms with Gasteiger partial charge in [-0.2, -0.15) is 4.31 Å². The lowest BCUT2D eigenvalue weighted by Gasteiger charge is -2.33. The van der Waals surface area contributed by atoms with Crippen LogP contribution in [-0.2, 0) is 10.0 Å². The van der Waals surface area contributed by atoms with Crippen LogP contribution in [0, 0.1) is 6.92 Å². The SMILES string of the molecule is Cc1c(C(=O)N2CCN(S(=O)(=O)c3ccccc3)CC2)oc2ccccc12. The number of furan rings is 1. The number of piperazine rings is 1. The Morgan fingerprint density at radius 3 is 2.22 bits per heavy atom. The highest BCUT2D eigenvalue weighted by molar-refractivity contribution is 7.89. The van der Waals surface area contributed by atoms with Gasteiger partial charge >= 0.3 is 0 Å². The van der Waals surface area contributed by atoms with Crippen LogP contribution in [-0.4, -0.2) is 49.7 Å². The molecule has 2 heterocycles. The number of hydrogen-bond acceptors (Lipinski definition) is 4. The van der Waals surface area contributed by atoms with E-state index in [0.29, 0.717) is 24.4 Å². The standard InChI is InChI=1S/C20H20N2O4S/c1-15-17-9-5-6-10-18(17)26-19(15)20(23)21-11-13-22(14-12-21)27(24,25)16-7-3-2-4-8-16/h2-10H,11-14H2,1H3. The van der Waals surface area contributed by atoms with E-state index in [4.69, 9.17) is 4.42 Å². The Morgan fingerprint density at radius 2 is 1.56 bits per heavy atom. The van der Waals surface area contributed by atoms with Crippen molar-refractivity contribution in [3.63, 3.8) is 0 Å². The Labute approximate surface area is 158 Å². The van der Waals surface area contributed by atoms with Crippen molar-refractivity contribution >= 4 is 26.9 Å². The quantitative estimate of drug-likeness (QED) is 0.696. The number of hydrogen-bond donors (Lipinski definition) is 0. The van der Waals surface area contributed by atoms with E-state index < -0.39 is 10.0 Å². The first kappa shape index (κ1) is 17.8. The Morgan fingerprint density at radius 1 is 0.926 bits per heavy atom. The number of nitrogens with zero attached hydrogens (tertiary/aromatic N) is 2. The van der Waals surface area contributed by atoms with Gasteiger partial charge < -0.3 is 9.32 Å². The van der Waals surface area contributed by atoms with Crippen molar-refractivity contribution in [1.29, 1.82) is 0 Å². The number of sulfonamides is 1. The van der Waals surface area contributed by atoms with Crippen LogP contribution < -0.4 is 0 Å². The normalized spacial score (nSPS) is 16.0. The van der Waals surface area contributed by atoms with Crippen LogP contribution in [0.3, 0.4) is 0 Å². The largest absolute Gasteiger partial charge is 0.451 e.